The maximum Gasteiger partial charge on any atom is 0.194 e. The second-order valence-electron chi connectivity index (χ2n) is 6.79. The maximum absolute atomic E-state index is 10.1. The molecule has 27 heavy (non-hydrogen) atoms. The van der Waals surface area contributed by atoms with Crippen LogP contribution in [0.2, 0.25) is 0 Å². The second-order valence-corrected chi connectivity index (χ2v) is 9.00. The summed E-state index contributed by atoms with van der Waals surface area (Å²) in [6.07, 6.45) is 1.84. The van der Waals surface area contributed by atoms with E-state index >= 15 is 0 Å². The summed E-state index contributed by atoms with van der Waals surface area (Å²) >= 11 is 4.41. The van der Waals surface area contributed by atoms with Crippen LogP contribution in [-0.2, 0) is 13.1 Å². The first-order valence-corrected chi connectivity index (χ1v) is 10.9. The van der Waals surface area contributed by atoms with Crippen molar-refractivity contribution < 1.29 is 10.2 Å². The molecule has 142 valence electrons. The van der Waals surface area contributed by atoms with Gasteiger partial charge in [0.05, 0.1) is 18.5 Å². The molecule has 0 aliphatic heterocycles. The number of benzene rings is 1. The summed E-state index contributed by atoms with van der Waals surface area (Å²) in [5.74, 6) is 0.710. The van der Waals surface area contributed by atoms with Gasteiger partial charge in [0.2, 0.25) is 0 Å². The van der Waals surface area contributed by atoms with E-state index in [2.05, 4.69) is 83.6 Å². The molecule has 1 aliphatic rings. The molecule has 7 nitrogen and oxygen atoms in total. The molecule has 1 aromatic carbocycles. The van der Waals surface area contributed by atoms with E-state index in [0.717, 1.165) is 12.1 Å². The smallest absolute Gasteiger partial charge is 0.194 e. The number of aliphatic hydroxyl groups is 2. The fourth-order valence-electron chi connectivity index (χ4n) is 3.50. The van der Waals surface area contributed by atoms with Crippen molar-refractivity contribution in [3.8, 4) is 0 Å². The lowest BCUT2D eigenvalue weighted by molar-refractivity contribution is 0.0171. The Morgan fingerprint density at radius 2 is 2.04 bits per heavy atom. The van der Waals surface area contributed by atoms with E-state index in [9.17, 15) is 10.2 Å². The lowest BCUT2D eigenvalue weighted by Gasteiger charge is -2.17. The number of aliphatic hydroxyl groups excluding tert-OH is 2. The SMILES string of the molecule is O[C@H]1[C@H](Cn2cnc3c(NCc4cccc(I)c4)nc(I)nc32)CC[C@H]1O. The first-order chi connectivity index (χ1) is 13.0. The van der Waals surface area contributed by atoms with Crippen LogP contribution in [0.5, 0.6) is 0 Å². The molecular weight excluding hydrogens is 572 g/mol. The molecule has 0 saturated heterocycles. The number of anilines is 1. The van der Waals surface area contributed by atoms with Gasteiger partial charge in [-0.05, 0) is 53.1 Å². The number of rotatable bonds is 5. The quantitative estimate of drug-likeness (QED) is 0.312. The molecule has 0 unspecified atom stereocenters. The van der Waals surface area contributed by atoms with Gasteiger partial charge in [-0.2, -0.15) is 0 Å². The Bertz CT molecular complexity index is 964. The van der Waals surface area contributed by atoms with Crippen LogP contribution >= 0.6 is 45.2 Å². The molecule has 2 heterocycles. The Hall–Kier alpha value is -1.05. The highest BCUT2D eigenvalue weighted by Gasteiger charge is 2.33. The van der Waals surface area contributed by atoms with Crippen LogP contribution in [0.25, 0.3) is 11.2 Å². The highest BCUT2D eigenvalue weighted by Crippen LogP contribution is 2.29. The van der Waals surface area contributed by atoms with Gasteiger partial charge in [0.25, 0.3) is 0 Å². The van der Waals surface area contributed by atoms with E-state index in [0.29, 0.717) is 34.7 Å². The maximum atomic E-state index is 10.1. The Morgan fingerprint density at radius 3 is 2.78 bits per heavy atom. The van der Waals surface area contributed by atoms with Crippen LogP contribution in [0.1, 0.15) is 18.4 Å². The summed E-state index contributed by atoms with van der Waals surface area (Å²) in [4.78, 5) is 13.6. The van der Waals surface area contributed by atoms with Crippen LogP contribution in [0, 0.1) is 13.3 Å². The zero-order chi connectivity index (χ0) is 19.0. The predicted molar refractivity (Wildman–Crippen MR) is 119 cm³/mol. The molecule has 0 spiro atoms. The van der Waals surface area contributed by atoms with Crippen LogP contribution in [0.15, 0.2) is 30.6 Å². The van der Waals surface area contributed by atoms with E-state index in [1.807, 2.05) is 10.6 Å². The molecule has 1 aliphatic carbocycles. The number of fused-ring (bicyclic) bond motifs is 1. The minimum Gasteiger partial charge on any atom is -0.390 e. The summed E-state index contributed by atoms with van der Waals surface area (Å²) in [5, 5.41) is 23.3. The van der Waals surface area contributed by atoms with Gasteiger partial charge < -0.3 is 20.1 Å². The molecule has 9 heteroatoms. The molecular formula is C18H19I2N5O2. The highest BCUT2D eigenvalue weighted by molar-refractivity contribution is 14.1. The number of aromatic nitrogens is 4. The van der Waals surface area contributed by atoms with Gasteiger partial charge >= 0.3 is 0 Å². The van der Waals surface area contributed by atoms with Crippen molar-refractivity contribution in [2.75, 3.05) is 5.32 Å². The van der Waals surface area contributed by atoms with Crippen LogP contribution < -0.4 is 5.32 Å². The molecule has 2 aromatic heterocycles. The van der Waals surface area contributed by atoms with Crippen LogP contribution in [0.4, 0.5) is 5.82 Å². The molecule has 3 atom stereocenters. The fraction of sp³-hybridized carbons (Fsp3) is 0.389. The topological polar surface area (TPSA) is 96.1 Å². The van der Waals surface area contributed by atoms with Crippen LogP contribution in [0.3, 0.4) is 0 Å². The molecule has 0 bridgehead atoms. The minimum absolute atomic E-state index is 0.00725. The molecule has 0 radical (unpaired) electrons. The third-order valence-corrected chi connectivity index (χ3v) is 6.08. The Balaban J connectivity index is 1.58. The van der Waals surface area contributed by atoms with Gasteiger partial charge in [0.15, 0.2) is 20.8 Å². The Labute approximate surface area is 183 Å². The Morgan fingerprint density at radius 1 is 1.19 bits per heavy atom. The average Bonchev–Trinajstić information content (AvgIpc) is 3.18. The van der Waals surface area contributed by atoms with Crippen molar-refractivity contribution >= 4 is 62.2 Å². The number of hydrogen-bond donors (Lipinski definition) is 3. The van der Waals surface area contributed by atoms with Gasteiger partial charge in [-0.15, -0.1) is 0 Å². The molecule has 3 aromatic rings. The molecule has 4 rings (SSSR count). The first kappa shape index (κ1) is 19.3. The summed E-state index contributed by atoms with van der Waals surface area (Å²) in [7, 11) is 0. The third-order valence-electron chi connectivity index (χ3n) is 4.93. The molecule has 3 N–H and O–H groups in total. The molecule has 1 saturated carbocycles. The zero-order valence-corrected chi connectivity index (χ0v) is 18.7. The van der Waals surface area contributed by atoms with Gasteiger partial charge in [-0.1, -0.05) is 12.1 Å². The van der Waals surface area contributed by atoms with Crippen molar-refractivity contribution in [3.63, 3.8) is 0 Å². The Kier molecular flexibility index (Phi) is 5.81. The van der Waals surface area contributed by atoms with Gasteiger partial charge in [-0.25, -0.2) is 15.0 Å². The number of nitrogens with one attached hydrogen (secondary N) is 1. The van der Waals surface area contributed by atoms with Gasteiger partial charge in [0, 0.05) is 45.2 Å². The third kappa shape index (κ3) is 4.20. The van der Waals surface area contributed by atoms with E-state index < -0.39 is 12.2 Å². The van der Waals surface area contributed by atoms with E-state index in [1.165, 1.54) is 9.13 Å². The summed E-state index contributed by atoms with van der Waals surface area (Å²) < 4.78 is 3.77. The summed E-state index contributed by atoms with van der Waals surface area (Å²) in [5.41, 5.74) is 2.63. The average molecular weight is 591 g/mol. The largest absolute Gasteiger partial charge is 0.390 e. The van der Waals surface area contributed by atoms with Crippen molar-refractivity contribution in [1.82, 2.24) is 19.5 Å². The van der Waals surface area contributed by atoms with Crippen molar-refractivity contribution in [3.05, 3.63) is 43.6 Å². The number of hydrogen-bond acceptors (Lipinski definition) is 6. The number of nitrogens with zero attached hydrogens (tertiary/aromatic N) is 4. The van der Waals surface area contributed by atoms with Crippen LogP contribution in [-0.4, -0.2) is 41.9 Å². The molecule has 0 amide bonds. The van der Waals surface area contributed by atoms with E-state index in [-0.39, 0.29) is 5.92 Å². The minimum atomic E-state index is -0.693. The predicted octanol–water partition coefficient (Wildman–Crippen LogP) is 2.78. The first-order valence-electron chi connectivity index (χ1n) is 8.74. The van der Waals surface area contributed by atoms with Gasteiger partial charge in [-0.3, -0.25) is 0 Å². The number of imidazole rings is 1. The fourth-order valence-corrected chi connectivity index (χ4v) is 4.58. The van der Waals surface area contributed by atoms with Gasteiger partial charge in [0.1, 0.15) is 0 Å². The lowest BCUT2D eigenvalue weighted by Crippen LogP contribution is -2.27. The van der Waals surface area contributed by atoms with Crippen molar-refractivity contribution in [1.29, 1.82) is 0 Å². The van der Waals surface area contributed by atoms with E-state index in [4.69, 9.17) is 0 Å². The van der Waals surface area contributed by atoms with Crippen molar-refractivity contribution in [2.45, 2.75) is 38.1 Å². The lowest BCUT2D eigenvalue weighted by atomic mass is 10.1. The molecule has 1 fully saturated rings. The van der Waals surface area contributed by atoms with E-state index in [1.54, 1.807) is 6.33 Å². The second kappa shape index (κ2) is 8.13. The summed E-state index contributed by atoms with van der Waals surface area (Å²) in [6.45, 7) is 1.23. The number of halogens is 2. The zero-order valence-electron chi connectivity index (χ0n) is 14.4. The normalized spacial score (nSPS) is 22.4. The van der Waals surface area contributed by atoms with Crippen molar-refractivity contribution in [2.24, 2.45) is 5.92 Å². The highest BCUT2D eigenvalue weighted by atomic mass is 127. The monoisotopic (exact) mass is 591 g/mol. The standard InChI is InChI=1S/C18H19I2N5O2/c19-12-3-1-2-10(6-12)7-21-16-14-17(24-18(20)23-16)25(9-22-14)8-11-4-5-13(26)15(11)27/h1-3,6,9,11,13,15,26-27H,4-5,7-8H2,(H,21,23,24)/t11-,13+,15-/m0/s1. The summed E-state index contributed by atoms with van der Waals surface area (Å²) in [6, 6.07) is 8.30.